The normalized spacial score (nSPS) is 11.2. The van der Waals surface area contributed by atoms with Crippen molar-refractivity contribution in [1.29, 1.82) is 0 Å². The second-order valence-electron chi connectivity index (χ2n) is 3.29. The van der Waals surface area contributed by atoms with E-state index in [4.69, 9.17) is 0 Å². The molecule has 0 amide bonds. The Morgan fingerprint density at radius 3 is 2.35 bits per heavy atom. The summed E-state index contributed by atoms with van der Waals surface area (Å²) in [5.41, 5.74) is 0. The standard InChI is InChI=1S/C8H12F3N5O/c1-12-5-13-6(16(2)3)15-7(14-5)17-4-8(9,10)11/h4H2,1-3H3,(H,12,13,14,15). The molecule has 0 unspecified atom stereocenters. The van der Waals surface area contributed by atoms with Gasteiger partial charge in [-0.1, -0.05) is 0 Å². The van der Waals surface area contributed by atoms with Gasteiger partial charge in [0.15, 0.2) is 6.61 Å². The van der Waals surface area contributed by atoms with Gasteiger partial charge in [-0.25, -0.2) is 0 Å². The van der Waals surface area contributed by atoms with Crippen LogP contribution in [-0.2, 0) is 0 Å². The minimum atomic E-state index is -4.43. The molecule has 0 radical (unpaired) electrons. The van der Waals surface area contributed by atoms with Crippen LogP contribution < -0.4 is 15.0 Å². The van der Waals surface area contributed by atoms with Gasteiger partial charge < -0.3 is 15.0 Å². The molecule has 1 heterocycles. The number of anilines is 2. The predicted molar refractivity (Wildman–Crippen MR) is 55.3 cm³/mol. The van der Waals surface area contributed by atoms with E-state index in [9.17, 15) is 13.2 Å². The molecular formula is C8H12F3N5O. The summed E-state index contributed by atoms with van der Waals surface area (Å²) < 4.78 is 40.3. The Balaban J connectivity index is 2.87. The van der Waals surface area contributed by atoms with E-state index in [0.717, 1.165) is 0 Å². The second-order valence-corrected chi connectivity index (χ2v) is 3.29. The molecule has 1 aromatic heterocycles. The molecule has 0 aliphatic carbocycles. The summed E-state index contributed by atoms with van der Waals surface area (Å²) in [6.07, 6.45) is -4.43. The highest BCUT2D eigenvalue weighted by molar-refractivity contribution is 5.36. The van der Waals surface area contributed by atoms with Crippen LogP contribution in [0.3, 0.4) is 0 Å². The Morgan fingerprint density at radius 1 is 1.24 bits per heavy atom. The number of rotatable bonds is 4. The fourth-order valence-corrected chi connectivity index (χ4v) is 0.869. The van der Waals surface area contributed by atoms with Crippen LogP contribution in [0.25, 0.3) is 0 Å². The molecular weight excluding hydrogens is 239 g/mol. The van der Waals surface area contributed by atoms with Crippen molar-refractivity contribution in [2.75, 3.05) is 38.0 Å². The Bertz CT molecular complexity index is 382. The topological polar surface area (TPSA) is 63.2 Å². The van der Waals surface area contributed by atoms with Gasteiger partial charge in [0, 0.05) is 21.1 Å². The van der Waals surface area contributed by atoms with Gasteiger partial charge in [-0.15, -0.1) is 0 Å². The van der Waals surface area contributed by atoms with E-state index in [1.807, 2.05) is 0 Å². The minimum absolute atomic E-state index is 0.140. The maximum Gasteiger partial charge on any atom is 0.422 e. The van der Waals surface area contributed by atoms with E-state index < -0.39 is 12.8 Å². The number of ether oxygens (including phenoxy) is 1. The maximum absolute atomic E-state index is 12.0. The number of hydrogen-bond donors (Lipinski definition) is 1. The summed E-state index contributed by atoms with van der Waals surface area (Å²) in [5, 5.41) is 2.61. The van der Waals surface area contributed by atoms with Gasteiger partial charge in [0.2, 0.25) is 11.9 Å². The lowest BCUT2D eigenvalue weighted by Crippen LogP contribution is -2.21. The molecule has 9 heteroatoms. The van der Waals surface area contributed by atoms with Gasteiger partial charge in [-0.3, -0.25) is 0 Å². The molecule has 1 aromatic rings. The summed E-state index contributed by atoms with van der Waals surface area (Å²) >= 11 is 0. The number of alkyl halides is 3. The van der Waals surface area contributed by atoms with E-state index in [2.05, 4.69) is 25.0 Å². The Labute approximate surface area is 95.8 Å². The molecule has 6 nitrogen and oxygen atoms in total. The van der Waals surface area contributed by atoms with E-state index >= 15 is 0 Å². The molecule has 1 N–H and O–H groups in total. The van der Waals surface area contributed by atoms with Gasteiger partial charge in [0.05, 0.1) is 0 Å². The molecule has 0 bridgehead atoms. The summed E-state index contributed by atoms with van der Waals surface area (Å²) in [4.78, 5) is 12.8. The van der Waals surface area contributed by atoms with Gasteiger partial charge in [0.25, 0.3) is 0 Å². The Hall–Kier alpha value is -1.80. The van der Waals surface area contributed by atoms with Crippen LogP contribution in [0.1, 0.15) is 0 Å². The van der Waals surface area contributed by atoms with E-state index in [0.29, 0.717) is 0 Å². The Morgan fingerprint density at radius 2 is 1.88 bits per heavy atom. The average Bonchev–Trinajstić information content (AvgIpc) is 2.25. The zero-order chi connectivity index (χ0) is 13.1. The molecule has 0 spiro atoms. The van der Waals surface area contributed by atoms with Crippen LogP contribution in [0.4, 0.5) is 25.1 Å². The van der Waals surface area contributed by atoms with Crippen molar-refractivity contribution in [2.24, 2.45) is 0 Å². The molecule has 0 aromatic carbocycles. The lowest BCUT2D eigenvalue weighted by atomic mass is 10.7. The van der Waals surface area contributed by atoms with Crippen molar-refractivity contribution in [1.82, 2.24) is 15.0 Å². The molecule has 0 saturated carbocycles. The van der Waals surface area contributed by atoms with Crippen LogP contribution in [0.2, 0.25) is 0 Å². The number of nitrogens with zero attached hydrogens (tertiary/aromatic N) is 4. The number of hydrogen-bond acceptors (Lipinski definition) is 6. The van der Waals surface area contributed by atoms with Crippen molar-refractivity contribution >= 4 is 11.9 Å². The first-order chi connectivity index (χ1) is 7.81. The summed E-state index contributed by atoms with van der Waals surface area (Å²) in [6.45, 7) is -1.44. The first-order valence-electron chi connectivity index (χ1n) is 4.62. The largest absolute Gasteiger partial charge is 0.454 e. The molecule has 0 aliphatic heterocycles. The summed E-state index contributed by atoms with van der Waals surface area (Å²) in [5.74, 6) is 0.349. The third-order valence-corrected chi connectivity index (χ3v) is 1.59. The number of halogens is 3. The van der Waals surface area contributed by atoms with Crippen molar-refractivity contribution in [2.45, 2.75) is 6.18 Å². The van der Waals surface area contributed by atoms with Crippen LogP contribution in [0.15, 0.2) is 0 Å². The van der Waals surface area contributed by atoms with Crippen LogP contribution in [0, 0.1) is 0 Å². The molecule has 0 saturated heterocycles. The second kappa shape index (κ2) is 5.02. The lowest BCUT2D eigenvalue weighted by molar-refractivity contribution is -0.154. The molecule has 17 heavy (non-hydrogen) atoms. The van der Waals surface area contributed by atoms with Crippen molar-refractivity contribution < 1.29 is 17.9 Å². The first kappa shape index (κ1) is 13.3. The van der Waals surface area contributed by atoms with E-state index in [1.54, 1.807) is 21.1 Å². The predicted octanol–water partition coefficient (Wildman–Crippen LogP) is 0.920. The fourth-order valence-electron chi connectivity index (χ4n) is 0.869. The minimum Gasteiger partial charge on any atom is -0.454 e. The van der Waals surface area contributed by atoms with Crippen molar-refractivity contribution in [3.8, 4) is 6.01 Å². The fraction of sp³-hybridized carbons (Fsp3) is 0.625. The quantitative estimate of drug-likeness (QED) is 0.858. The zero-order valence-corrected chi connectivity index (χ0v) is 9.54. The molecule has 1 rings (SSSR count). The van der Waals surface area contributed by atoms with Crippen LogP contribution >= 0.6 is 0 Å². The number of nitrogens with one attached hydrogen (secondary N) is 1. The average molecular weight is 251 g/mol. The SMILES string of the molecule is CNc1nc(OCC(F)(F)F)nc(N(C)C)n1. The van der Waals surface area contributed by atoms with Gasteiger partial charge in [-0.05, 0) is 0 Å². The first-order valence-corrected chi connectivity index (χ1v) is 4.62. The summed E-state index contributed by atoms with van der Waals surface area (Å²) in [7, 11) is 4.85. The maximum atomic E-state index is 12.0. The van der Waals surface area contributed by atoms with Crippen molar-refractivity contribution in [3.63, 3.8) is 0 Å². The summed E-state index contributed by atoms with van der Waals surface area (Å²) in [6, 6.07) is -0.370. The van der Waals surface area contributed by atoms with Gasteiger partial charge in [-0.2, -0.15) is 28.1 Å². The van der Waals surface area contributed by atoms with Gasteiger partial charge in [0.1, 0.15) is 0 Å². The molecule has 0 aliphatic rings. The van der Waals surface area contributed by atoms with Gasteiger partial charge >= 0.3 is 12.2 Å². The molecule has 96 valence electrons. The monoisotopic (exact) mass is 251 g/mol. The highest BCUT2D eigenvalue weighted by atomic mass is 19.4. The molecule has 0 fully saturated rings. The number of aromatic nitrogens is 3. The van der Waals surface area contributed by atoms with E-state index in [-0.39, 0.29) is 17.9 Å². The van der Waals surface area contributed by atoms with Crippen LogP contribution in [-0.4, -0.2) is 48.9 Å². The third kappa shape index (κ3) is 4.29. The third-order valence-electron chi connectivity index (χ3n) is 1.59. The van der Waals surface area contributed by atoms with E-state index in [1.165, 1.54) is 4.90 Å². The molecule has 0 atom stereocenters. The smallest absolute Gasteiger partial charge is 0.422 e. The van der Waals surface area contributed by atoms with Crippen molar-refractivity contribution in [3.05, 3.63) is 0 Å². The lowest BCUT2D eigenvalue weighted by Gasteiger charge is -2.13. The highest BCUT2D eigenvalue weighted by Gasteiger charge is 2.29. The highest BCUT2D eigenvalue weighted by Crippen LogP contribution is 2.18. The van der Waals surface area contributed by atoms with Crippen LogP contribution in [0.5, 0.6) is 6.01 Å². The zero-order valence-electron chi connectivity index (χ0n) is 9.54. The Kier molecular flexibility index (Phi) is 3.92.